The first-order chi connectivity index (χ1) is 8.90. The van der Waals surface area contributed by atoms with Crippen LogP contribution in [0.5, 0.6) is 0 Å². The highest BCUT2D eigenvalue weighted by Gasteiger charge is 2.39. The third-order valence-corrected chi connectivity index (χ3v) is 4.11. The smallest absolute Gasteiger partial charge is 0.227 e. The van der Waals surface area contributed by atoms with Gasteiger partial charge in [-0.25, -0.2) is 0 Å². The van der Waals surface area contributed by atoms with Crippen LogP contribution in [0.2, 0.25) is 0 Å². The van der Waals surface area contributed by atoms with Crippen LogP contribution in [-0.2, 0) is 18.4 Å². The van der Waals surface area contributed by atoms with Gasteiger partial charge in [-0.1, -0.05) is 12.8 Å². The quantitative estimate of drug-likeness (QED) is 0.919. The van der Waals surface area contributed by atoms with E-state index in [1.165, 1.54) is 0 Å². The number of nitrogens with zero attached hydrogens (tertiary/aromatic N) is 3. The lowest BCUT2D eigenvalue weighted by Crippen LogP contribution is -2.52. The highest BCUT2D eigenvalue weighted by atomic mass is 35.5. The molecule has 1 heterocycles. The SMILES string of the molecule is CN(Cc1cnn(C)c1)C(=O)C1CCCCC1(C)N.Cl.Cl. The lowest BCUT2D eigenvalue weighted by atomic mass is 9.74. The van der Waals surface area contributed by atoms with Crippen molar-refractivity contribution in [2.45, 2.75) is 44.7 Å². The van der Waals surface area contributed by atoms with E-state index in [-0.39, 0.29) is 42.2 Å². The van der Waals surface area contributed by atoms with Gasteiger partial charge in [0.25, 0.3) is 0 Å². The van der Waals surface area contributed by atoms with Crippen molar-refractivity contribution in [2.24, 2.45) is 18.7 Å². The summed E-state index contributed by atoms with van der Waals surface area (Å²) in [7, 11) is 3.73. The molecule has 0 radical (unpaired) electrons. The average Bonchev–Trinajstić information content (AvgIpc) is 2.73. The number of carbonyl (C=O) groups is 1. The number of carbonyl (C=O) groups excluding carboxylic acids is 1. The normalized spacial score (nSPS) is 24.7. The van der Waals surface area contributed by atoms with Gasteiger partial charge in [-0.05, 0) is 19.8 Å². The first-order valence-electron chi connectivity index (χ1n) is 6.91. The molecule has 122 valence electrons. The number of amides is 1. The zero-order chi connectivity index (χ0) is 14.0. The molecule has 7 heteroatoms. The van der Waals surface area contributed by atoms with Crippen molar-refractivity contribution in [1.29, 1.82) is 0 Å². The monoisotopic (exact) mass is 336 g/mol. The van der Waals surface area contributed by atoms with Gasteiger partial charge in [0.05, 0.1) is 12.1 Å². The lowest BCUT2D eigenvalue weighted by Gasteiger charge is -2.39. The number of halogens is 2. The molecule has 1 aromatic rings. The van der Waals surface area contributed by atoms with E-state index in [1.807, 2.05) is 27.2 Å². The molecule has 1 aromatic heterocycles. The van der Waals surface area contributed by atoms with E-state index in [0.29, 0.717) is 6.54 Å². The Morgan fingerprint density at radius 2 is 2.19 bits per heavy atom. The van der Waals surface area contributed by atoms with Crippen LogP contribution in [0.1, 0.15) is 38.2 Å². The molecule has 1 saturated carbocycles. The largest absolute Gasteiger partial charge is 0.341 e. The molecule has 1 amide bonds. The molecule has 1 fully saturated rings. The molecule has 1 aliphatic rings. The first-order valence-corrected chi connectivity index (χ1v) is 6.91. The molecule has 0 aromatic carbocycles. The fourth-order valence-corrected chi connectivity index (χ4v) is 2.94. The van der Waals surface area contributed by atoms with Gasteiger partial charge in [-0.2, -0.15) is 5.10 Å². The van der Waals surface area contributed by atoms with Crippen molar-refractivity contribution < 1.29 is 4.79 Å². The number of nitrogens with two attached hydrogens (primary N) is 1. The number of aryl methyl sites for hydroxylation is 1. The van der Waals surface area contributed by atoms with Crippen molar-refractivity contribution >= 4 is 30.7 Å². The summed E-state index contributed by atoms with van der Waals surface area (Å²) in [6.07, 6.45) is 7.80. The molecule has 0 aliphatic heterocycles. The van der Waals surface area contributed by atoms with Crippen LogP contribution in [-0.4, -0.2) is 33.2 Å². The molecule has 0 spiro atoms. The molecule has 21 heavy (non-hydrogen) atoms. The van der Waals surface area contributed by atoms with Crippen LogP contribution in [0.15, 0.2) is 12.4 Å². The zero-order valence-corrected chi connectivity index (χ0v) is 14.5. The number of aromatic nitrogens is 2. The van der Waals surface area contributed by atoms with E-state index in [2.05, 4.69) is 5.10 Å². The van der Waals surface area contributed by atoms with Gasteiger partial charge in [-0.3, -0.25) is 9.48 Å². The van der Waals surface area contributed by atoms with Gasteiger partial charge in [0, 0.05) is 37.9 Å². The van der Waals surface area contributed by atoms with Gasteiger partial charge in [0.15, 0.2) is 0 Å². The lowest BCUT2D eigenvalue weighted by molar-refractivity contribution is -0.138. The van der Waals surface area contributed by atoms with Gasteiger partial charge in [0.2, 0.25) is 5.91 Å². The van der Waals surface area contributed by atoms with Crippen LogP contribution in [0.4, 0.5) is 0 Å². The van der Waals surface area contributed by atoms with Gasteiger partial charge in [0.1, 0.15) is 0 Å². The summed E-state index contributed by atoms with van der Waals surface area (Å²) < 4.78 is 1.75. The highest BCUT2D eigenvalue weighted by molar-refractivity contribution is 5.85. The molecule has 2 unspecified atom stereocenters. The van der Waals surface area contributed by atoms with Crippen LogP contribution in [0, 0.1) is 5.92 Å². The predicted molar refractivity (Wildman–Crippen MR) is 88.7 cm³/mol. The third-order valence-electron chi connectivity index (χ3n) is 4.11. The second kappa shape index (κ2) is 8.01. The summed E-state index contributed by atoms with van der Waals surface area (Å²) in [6.45, 7) is 2.60. The summed E-state index contributed by atoms with van der Waals surface area (Å²) >= 11 is 0. The van der Waals surface area contributed by atoms with Crippen LogP contribution < -0.4 is 5.73 Å². The van der Waals surface area contributed by atoms with Gasteiger partial charge in [-0.15, -0.1) is 24.8 Å². The van der Waals surface area contributed by atoms with E-state index < -0.39 is 0 Å². The summed E-state index contributed by atoms with van der Waals surface area (Å²) in [4.78, 5) is 14.3. The third kappa shape index (κ3) is 4.87. The van der Waals surface area contributed by atoms with Crippen LogP contribution >= 0.6 is 24.8 Å². The molecular weight excluding hydrogens is 311 g/mol. The van der Waals surface area contributed by atoms with Gasteiger partial charge >= 0.3 is 0 Å². The molecule has 5 nitrogen and oxygen atoms in total. The summed E-state index contributed by atoms with van der Waals surface area (Å²) in [6, 6.07) is 0. The summed E-state index contributed by atoms with van der Waals surface area (Å²) in [5.41, 5.74) is 6.98. The second-order valence-corrected chi connectivity index (χ2v) is 6.02. The van der Waals surface area contributed by atoms with Crippen molar-refractivity contribution in [3.63, 3.8) is 0 Å². The minimum absolute atomic E-state index is 0. The number of hydrogen-bond donors (Lipinski definition) is 1. The van der Waals surface area contributed by atoms with Crippen LogP contribution in [0.25, 0.3) is 0 Å². The average molecular weight is 337 g/mol. The molecule has 2 rings (SSSR count). The first kappa shape index (κ1) is 20.2. The number of hydrogen-bond acceptors (Lipinski definition) is 3. The Hall–Kier alpha value is -0.780. The predicted octanol–water partition coefficient (Wildman–Crippen LogP) is 2.13. The van der Waals surface area contributed by atoms with Crippen molar-refractivity contribution in [3.8, 4) is 0 Å². The minimum Gasteiger partial charge on any atom is -0.341 e. The maximum absolute atomic E-state index is 12.5. The second-order valence-electron chi connectivity index (χ2n) is 6.02. The van der Waals surface area contributed by atoms with E-state index in [9.17, 15) is 4.79 Å². The fraction of sp³-hybridized carbons (Fsp3) is 0.714. The van der Waals surface area contributed by atoms with E-state index in [4.69, 9.17) is 5.73 Å². The molecule has 1 aliphatic carbocycles. The Morgan fingerprint density at radius 3 is 2.71 bits per heavy atom. The molecule has 0 bridgehead atoms. The minimum atomic E-state index is -0.363. The van der Waals surface area contributed by atoms with Crippen molar-refractivity contribution in [1.82, 2.24) is 14.7 Å². The van der Waals surface area contributed by atoms with Gasteiger partial charge < -0.3 is 10.6 Å². The highest BCUT2D eigenvalue weighted by Crippen LogP contribution is 2.32. The maximum atomic E-state index is 12.5. The molecule has 2 atom stereocenters. The fourth-order valence-electron chi connectivity index (χ4n) is 2.94. The summed E-state index contributed by atoms with van der Waals surface area (Å²) in [5, 5.41) is 4.12. The number of rotatable bonds is 3. The standard InChI is InChI=1S/C14H24N4O.2ClH/c1-14(15)7-5-4-6-12(14)13(19)17(2)9-11-8-16-18(3)10-11;;/h8,10,12H,4-7,9,15H2,1-3H3;2*1H. The van der Waals surface area contributed by atoms with Crippen LogP contribution in [0.3, 0.4) is 0 Å². The van der Waals surface area contributed by atoms with Crippen molar-refractivity contribution in [2.75, 3.05) is 7.05 Å². The Balaban J connectivity index is 0.00000200. The Bertz CT molecular complexity index is 462. The van der Waals surface area contributed by atoms with E-state index >= 15 is 0 Å². The van der Waals surface area contributed by atoms with E-state index in [1.54, 1.807) is 15.8 Å². The Labute approximate surface area is 139 Å². The topological polar surface area (TPSA) is 64.2 Å². The Morgan fingerprint density at radius 1 is 1.52 bits per heavy atom. The summed E-state index contributed by atoms with van der Waals surface area (Å²) in [5.74, 6) is 0.108. The van der Waals surface area contributed by atoms with E-state index in [0.717, 1.165) is 31.2 Å². The Kier molecular flexibility index (Phi) is 7.71. The van der Waals surface area contributed by atoms with Crippen molar-refractivity contribution in [3.05, 3.63) is 18.0 Å². The maximum Gasteiger partial charge on any atom is 0.227 e. The molecule has 2 N–H and O–H groups in total. The molecular formula is C14H26Cl2N4O. The zero-order valence-electron chi connectivity index (χ0n) is 12.9. The molecule has 0 saturated heterocycles.